The van der Waals surface area contributed by atoms with Crippen molar-refractivity contribution in [3.8, 4) is 10.7 Å². The van der Waals surface area contributed by atoms with E-state index in [1.807, 2.05) is 37.4 Å². The molecule has 0 fully saturated rings. The van der Waals surface area contributed by atoms with Crippen molar-refractivity contribution in [3.05, 3.63) is 64.0 Å². The summed E-state index contributed by atoms with van der Waals surface area (Å²) >= 11 is 1.56. The number of carbonyl (C=O) groups is 1. The molecular weight excluding hydrogens is 372 g/mol. The molecule has 4 rings (SSSR count). The first-order valence-electron chi connectivity index (χ1n) is 9.23. The van der Waals surface area contributed by atoms with Gasteiger partial charge >= 0.3 is 6.03 Å². The number of hydrogen-bond donors (Lipinski definition) is 1. The Labute approximate surface area is 167 Å². The van der Waals surface area contributed by atoms with Crippen molar-refractivity contribution in [3.63, 3.8) is 0 Å². The number of hydrogen-bond acceptors (Lipinski definition) is 5. The van der Waals surface area contributed by atoms with Gasteiger partial charge in [-0.1, -0.05) is 29.4 Å². The molecule has 0 radical (unpaired) electrons. The van der Waals surface area contributed by atoms with Crippen LogP contribution in [0.25, 0.3) is 16.3 Å². The molecule has 2 aromatic heterocycles. The van der Waals surface area contributed by atoms with Crippen LogP contribution in [-0.4, -0.2) is 27.6 Å². The zero-order valence-corrected chi connectivity index (χ0v) is 17.1. The second-order valence-electron chi connectivity index (χ2n) is 6.87. The maximum absolute atomic E-state index is 12.7. The quantitative estimate of drug-likeness (QED) is 0.681. The fourth-order valence-corrected chi connectivity index (χ4v) is 4.12. The Hall–Kier alpha value is -2.93. The van der Waals surface area contributed by atoms with E-state index in [1.54, 1.807) is 16.2 Å². The molecule has 28 heavy (non-hydrogen) atoms. The Balaban J connectivity index is 1.84. The van der Waals surface area contributed by atoms with Crippen molar-refractivity contribution in [1.82, 2.24) is 20.4 Å². The second kappa shape index (κ2) is 7.24. The molecular formula is C21H22N4O2S. The minimum Gasteiger partial charge on any atom is -0.334 e. The first kappa shape index (κ1) is 18.4. The van der Waals surface area contributed by atoms with Gasteiger partial charge in [0.15, 0.2) is 0 Å². The van der Waals surface area contributed by atoms with Gasteiger partial charge in [0.2, 0.25) is 5.82 Å². The monoisotopic (exact) mass is 394 g/mol. The minimum atomic E-state index is -0.341. The van der Waals surface area contributed by atoms with Crippen molar-refractivity contribution in [2.24, 2.45) is 0 Å². The molecule has 3 aromatic rings. The van der Waals surface area contributed by atoms with Gasteiger partial charge in [-0.25, -0.2) is 4.79 Å². The van der Waals surface area contributed by atoms with Gasteiger partial charge in [0.05, 0.1) is 16.5 Å². The summed E-state index contributed by atoms with van der Waals surface area (Å²) < 4.78 is 5.64. The lowest BCUT2D eigenvalue weighted by Crippen LogP contribution is -2.45. The third-order valence-corrected chi connectivity index (χ3v) is 6.04. The van der Waals surface area contributed by atoms with Gasteiger partial charge in [-0.15, -0.1) is 11.3 Å². The lowest BCUT2D eigenvalue weighted by Gasteiger charge is -2.34. The molecule has 2 amide bonds. The fourth-order valence-electron chi connectivity index (χ4n) is 3.47. The average Bonchev–Trinajstić information content (AvgIpc) is 3.35. The second-order valence-corrected chi connectivity index (χ2v) is 7.82. The average molecular weight is 395 g/mol. The Morgan fingerprint density at radius 2 is 2.04 bits per heavy atom. The topological polar surface area (TPSA) is 71.3 Å². The summed E-state index contributed by atoms with van der Waals surface area (Å²) in [6, 6.07) is 9.67. The maximum atomic E-state index is 12.7. The largest absolute Gasteiger partial charge is 0.334 e. The molecule has 1 aliphatic rings. The van der Waals surface area contributed by atoms with E-state index in [0.717, 1.165) is 21.7 Å². The molecule has 6 nitrogen and oxygen atoms in total. The van der Waals surface area contributed by atoms with E-state index in [1.165, 1.54) is 11.1 Å². The molecule has 1 unspecified atom stereocenters. The highest BCUT2D eigenvalue weighted by molar-refractivity contribution is 7.13. The number of aromatic nitrogens is 2. The molecule has 0 spiro atoms. The predicted molar refractivity (Wildman–Crippen MR) is 110 cm³/mol. The van der Waals surface area contributed by atoms with Crippen molar-refractivity contribution >= 4 is 22.9 Å². The highest BCUT2D eigenvalue weighted by atomic mass is 32.1. The van der Waals surface area contributed by atoms with Crippen molar-refractivity contribution < 1.29 is 9.32 Å². The van der Waals surface area contributed by atoms with E-state index in [4.69, 9.17) is 4.52 Å². The normalized spacial score (nSPS) is 17.2. The standard InChI is InChI=1S/C21H22N4O2S/c1-5-25-14(4)17(20-23-19(24-27-20)16-7-6-10-28-16)18(22-21(25)26)15-9-8-12(2)13(3)11-15/h6-11,18H,5H2,1-4H3,(H,22,26). The van der Waals surface area contributed by atoms with E-state index in [-0.39, 0.29) is 12.1 Å². The molecule has 0 bridgehead atoms. The van der Waals surface area contributed by atoms with E-state index in [2.05, 4.69) is 41.4 Å². The molecule has 1 N–H and O–H groups in total. The first-order valence-corrected chi connectivity index (χ1v) is 10.1. The molecule has 144 valence electrons. The van der Waals surface area contributed by atoms with Crippen LogP contribution in [0.1, 0.15) is 42.5 Å². The Kier molecular flexibility index (Phi) is 4.77. The Morgan fingerprint density at radius 1 is 1.21 bits per heavy atom. The Morgan fingerprint density at radius 3 is 2.71 bits per heavy atom. The summed E-state index contributed by atoms with van der Waals surface area (Å²) in [4.78, 5) is 19.9. The predicted octanol–water partition coefficient (Wildman–Crippen LogP) is 4.93. The van der Waals surface area contributed by atoms with Crippen LogP contribution in [0.3, 0.4) is 0 Å². The molecule has 1 atom stereocenters. The van der Waals surface area contributed by atoms with E-state index in [9.17, 15) is 4.79 Å². The summed E-state index contributed by atoms with van der Waals surface area (Å²) in [5, 5.41) is 9.24. The fraction of sp³-hybridized carbons (Fsp3) is 0.286. The van der Waals surface area contributed by atoms with Crippen LogP contribution >= 0.6 is 11.3 Å². The van der Waals surface area contributed by atoms with Crippen LogP contribution in [0.4, 0.5) is 4.79 Å². The molecule has 0 saturated heterocycles. The highest BCUT2D eigenvalue weighted by Crippen LogP contribution is 2.37. The number of nitrogens with one attached hydrogen (secondary N) is 1. The van der Waals surface area contributed by atoms with Crippen LogP contribution in [0, 0.1) is 13.8 Å². The summed E-state index contributed by atoms with van der Waals surface area (Å²) in [5.74, 6) is 0.992. The highest BCUT2D eigenvalue weighted by Gasteiger charge is 2.35. The van der Waals surface area contributed by atoms with E-state index in [0.29, 0.717) is 18.3 Å². The maximum Gasteiger partial charge on any atom is 0.322 e. The molecule has 0 saturated carbocycles. The number of nitrogens with zero attached hydrogens (tertiary/aromatic N) is 3. The molecule has 3 heterocycles. The molecule has 0 aliphatic carbocycles. The van der Waals surface area contributed by atoms with E-state index < -0.39 is 0 Å². The number of allylic oxidation sites excluding steroid dienone is 1. The van der Waals surface area contributed by atoms with Crippen LogP contribution in [-0.2, 0) is 0 Å². The minimum absolute atomic E-state index is 0.120. The van der Waals surface area contributed by atoms with Gasteiger partial charge < -0.3 is 9.84 Å². The van der Waals surface area contributed by atoms with Crippen LogP contribution in [0.15, 0.2) is 45.9 Å². The SMILES string of the molecule is CCN1C(=O)NC(c2ccc(C)c(C)c2)C(c2nc(-c3cccs3)no2)=C1C. The number of urea groups is 1. The summed E-state index contributed by atoms with van der Waals surface area (Å²) in [7, 11) is 0. The van der Waals surface area contributed by atoms with Gasteiger partial charge in [0, 0.05) is 12.2 Å². The van der Waals surface area contributed by atoms with E-state index >= 15 is 0 Å². The van der Waals surface area contributed by atoms with Crippen molar-refractivity contribution in [2.45, 2.75) is 33.7 Å². The number of amides is 2. The van der Waals surface area contributed by atoms with Crippen LogP contribution in [0.2, 0.25) is 0 Å². The molecule has 1 aliphatic heterocycles. The Bertz CT molecular complexity index is 1050. The number of carbonyl (C=O) groups excluding carboxylic acids is 1. The lowest BCUT2D eigenvalue weighted by molar-refractivity contribution is 0.207. The van der Waals surface area contributed by atoms with Crippen LogP contribution in [0.5, 0.6) is 0 Å². The van der Waals surface area contributed by atoms with Gasteiger partial charge in [-0.3, -0.25) is 4.90 Å². The lowest BCUT2D eigenvalue weighted by atomic mass is 9.92. The summed E-state index contributed by atoms with van der Waals surface area (Å²) in [6.45, 7) is 8.58. The summed E-state index contributed by atoms with van der Waals surface area (Å²) in [5.41, 5.74) is 5.04. The van der Waals surface area contributed by atoms with Gasteiger partial charge in [0.1, 0.15) is 0 Å². The molecule has 7 heteroatoms. The summed E-state index contributed by atoms with van der Waals surface area (Å²) in [6.07, 6.45) is 0. The van der Waals surface area contributed by atoms with Crippen molar-refractivity contribution in [1.29, 1.82) is 0 Å². The number of rotatable bonds is 4. The van der Waals surface area contributed by atoms with Crippen LogP contribution < -0.4 is 5.32 Å². The number of aryl methyl sites for hydroxylation is 2. The van der Waals surface area contributed by atoms with Crippen molar-refractivity contribution in [2.75, 3.05) is 6.54 Å². The third kappa shape index (κ3) is 3.11. The zero-order chi connectivity index (χ0) is 19.8. The number of thiophene rings is 1. The third-order valence-electron chi connectivity index (χ3n) is 5.17. The van der Waals surface area contributed by atoms with Gasteiger partial charge in [-0.05, 0) is 55.8 Å². The molecule has 1 aromatic carbocycles. The number of benzene rings is 1. The van der Waals surface area contributed by atoms with Gasteiger partial charge in [-0.2, -0.15) is 4.98 Å². The smallest absolute Gasteiger partial charge is 0.322 e. The van der Waals surface area contributed by atoms with Gasteiger partial charge in [0.25, 0.3) is 5.89 Å². The zero-order valence-electron chi connectivity index (χ0n) is 16.3. The first-order chi connectivity index (χ1) is 13.5.